The zero-order chi connectivity index (χ0) is 25.7. The average Bonchev–Trinajstić information content (AvgIpc) is 3.13. The number of methoxy groups -OCH3 is 1. The molecule has 1 spiro atoms. The summed E-state index contributed by atoms with van der Waals surface area (Å²) in [6.07, 6.45) is 8.86. The summed E-state index contributed by atoms with van der Waals surface area (Å²) in [5.41, 5.74) is 0.705. The van der Waals surface area contributed by atoms with E-state index in [-0.39, 0.29) is 30.9 Å². The first-order valence-corrected chi connectivity index (χ1v) is 13.3. The molecule has 4 heterocycles. The molecule has 0 aliphatic carbocycles. The monoisotopic (exact) mass is 511 g/mol. The summed E-state index contributed by atoms with van der Waals surface area (Å²) in [4.78, 5) is 47.2. The highest BCUT2D eigenvalue weighted by atomic mass is 32.2. The normalized spacial score (nSPS) is 33.4. The first kappa shape index (κ1) is 24.9. The van der Waals surface area contributed by atoms with Gasteiger partial charge in [-0.1, -0.05) is 31.2 Å². The van der Waals surface area contributed by atoms with Gasteiger partial charge in [0.05, 0.1) is 30.3 Å². The topological polar surface area (TPSA) is 90.4 Å². The highest BCUT2D eigenvalue weighted by Gasteiger charge is 2.73. The number of β-amino-alcohol motifs (C(OH)–C–C–N with tert-alkyl or cyclic N) is 1. The van der Waals surface area contributed by atoms with E-state index in [0.29, 0.717) is 31.1 Å². The highest BCUT2D eigenvalue weighted by Crippen LogP contribution is 2.65. The highest BCUT2D eigenvalue weighted by molar-refractivity contribution is 8.02. The van der Waals surface area contributed by atoms with Gasteiger partial charge in [-0.3, -0.25) is 14.4 Å². The van der Waals surface area contributed by atoms with Crippen LogP contribution in [0.3, 0.4) is 0 Å². The molecule has 1 unspecified atom stereocenters. The minimum Gasteiger partial charge on any atom is -0.497 e. The molecule has 0 aromatic heterocycles. The summed E-state index contributed by atoms with van der Waals surface area (Å²) < 4.78 is 3.74. The summed E-state index contributed by atoms with van der Waals surface area (Å²) in [5.74, 6) is -1.05. The van der Waals surface area contributed by atoms with Gasteiger partial charge in [-0.25, -0.2) is 0 Å². The molecule has 5 atom stereocenters. The van der Waals surface area contributed by atoms with Crippen molar-refractivity contribution in [2.24, 2.45) is 11.8 Å². The molecule has 9 heteroatoms. The Labute approximate surface area is 215 Å². The van der Waals surface area contributed by atoms with Crippen molar-refractivity contribution in [2.45, 2.75) is 35.8 Å². The molecule has 0 radical (unpaired) electrons. The molecule has 4 aliphatic rings. The number of ether oxygens (including phenoxy) is 1. The second-order valence-electron chi connectivity index (χ2n) is 9.99. The fourth-order valence-corrected chi connectivity index (χ4v) is 8.54. The number of rotatable bonds is 6. The first-order chi connectivity index (χ1) is 17.3. The van der Waals surface area contributed by atoms with E-state index < -0.39 is 27.4 Å². The number of aliphatic hydroxyl groups is 1. The van der Waals surface area contributed by atoms with E-state index >= 15 is 0 Å². The second-order valence-corrected chi connectivity index (χ2v) is 11.8. The Balaban J connectivity index is 1.61. The summed E-state index contributed by atoms with van der Waals surface area (Å²) in [6.45, 7) is 5.34. The Hall–Kier alpha value is -2.78. The number of benzene rings is 1. The standard InChI is InChI=1S/C27H33N3O5S/c1-4-13-28-14-5-11-26(2)20(23(28)32)21-24(33)30(16-17-31)22-25(34)29(15-6-12-27(21,22)36-26)18-7-9-19(35-3)10-8-18/h5-12,20-22,31H,4,13-17H2,1-3H3/t20-,21-,22?,26+,27-/m0/s1. The number of amides is 3. The summed E-state index contributed by atoms with van der Waals surface area (Å²) >= 11 is 1.56. The van der Waals surface area contributed by atoms with Crippen molar-refractivity contribution in [3.8, 4) is 5.75 Å². The average molecular weight is 512 g/mol. The molecular weight excluding hydrogens is 478 g/mol. The Bertz CT molecular complexity index is 1120. The summed E-state index contributed by atoms with van der Waals surface area (Å²) in [6, 6.07) is 6.44. The fraction of sp³-hybridized carbons (Fsp3) is 0.519. The van der Waals surface area contributed by atoms with Gasteiger partial charge in [-0.05, 0) is 37.6 Å². The number of carbonyl (C=O) groups is 3. The number of aliphatic hydroxyl groups excluding tert-OH is 1. The largest absolute Gasteiger partial charge is 0.497 e. The smallest absolute Gasteiger partial charge is 0.251 e. The van der Waals surface area contributed by atoms with Gasteiger partial charge in [0.15, 0.2) is 0 Å². The molecule has 4 aliphatic heterocycles. The van der Waals surface area contributed by atoms with Gasteiger partial charge in [-0.2, -0.15) is 0 Å². The molecule has 1 aromatic rings. The van der Waals surface area contributed by atoms with Crippen LogP contribution in [-0.4, -0.2) is 88.1 Å². The van der Waals surface area contributed by atoms with Gasteiger partial charge in [0.1, 0.15) is 11.8 Å². The van der Waals surface area contributed by atoms with Crippen LogP contribution in [0.5, 0.6) is 5.75 Å². The molecule has 5 rings (SSSR count). The molecule has 0 bridgehead atoms. The first-order valence-electron chi connectivity index (χ1n) is 12.5. The van der Waals surface area contributed by atoms with Gasteiger partial charge in [0, 0.05) is 36.6 Å². The summed E-state index contributed by atoms with van der Waals surface area (Å²) in [7, 11) is 1.59. The number of carbonyl (C=O) groups excluding carboxylic acids is 3. The number of fused-ring (bicyclic) bond motifs is 2. The number of hydrogen-bond acceptors (Lipinski definition) is 6. The SMILES string of the molecule is CCCN1CC=C[C@@]2(C)S[C@]34C=CCN(c5ccc(OC)cc5)C(=O)C3N(CCO)C(=O)[C@@H]4[C@H]2C1=O. The predicted octanol–water partition coefficient (Wildman–Crippen LogP) is 2.09. The number of thioether (sulfide) groups is 1. The molecule has 1 aromatic carbocycles. The zero-order valence-corrected chi connectivity index (χ0v) is 21.7. The number of likely N-dealkylation sites (tertiary alicyclic amines) is 1. The van der Waals surface area contributed by atoms with Crippen LogP contribution in [0.4, 0.5) is 5.69 Å². The Morgan fingerprint density at radius 1 is 1.00 bits per heavy atom. The third kappa shape index (κ3) is 3.58. The van der Waals surface area contributed by atoms with Crippen molar-refractivity contribution < 1.29 is 24.2 Å². The Kier molecular flexibility index (Phi) is 6.41. The lowest BCUT2D eigenvalue weighted by Gasteiger charge is -2.36. The third-order valence-electron chi connectivity index (χ3n) is 7.86. The van der Waals surface area contributed by atoms with Gasteiger partial charge >= 0.3 is 0 Å². The maximum atomic E-state index is 14.2. The zero-order valence-electron chi connectivity index (χ0n) is 20.9. The quantitative estimate of drug-likeness (QED) is 0.589. The molecular formula is C27H33N3O5S. The van der Waals surface area contributed by atoms with Crippen molar-refractivity contribution in [3.63, 3.8) is 0 Å². The van der Waals surface area contributed by atoms with Crippen molar-refractivity contribution in [1.82, 2.24) is 9.80 Å². The fourth-order valence-electron chi connectivity index (χ4n) is 6.38. The lowest BCUT2D eigenvalue weighted by atomic mass is 9.74. The molecule has 3 amide bonds. The van der Waals surface area contributed by atoms with Gasteiger partial charge in [-0.15, -0.1) is 11.8 Å². The number of nitrogens with zero attached hydrogens (tertiary/aromatic N) is 3. The van der Waals surface area contributed by atoms with E-state index in [2.05, 4.69) is 6.08 Å². The van der Waals surface area contributed by atoms with Gasteiger partial charge in [0.2, 0.25) is 11.8 Å². The molecule has 8 nitrogen and oxygen atoms in total. The van der Waals surface area contributed by atoms with Crippen molar-refractivity contribution in [1.29, 1.82) is 0 Å². The van der Waals surface area contributed by atoms with Crippen LogP contribution in [0.2, 0.25) is 0 Å². The molecule has 36 heavy (non-hydrogen) atoms. The van der Waals surface area contributed by atoms with E-state index in [1.807, 2.05) is 49.1 Å². The molecule has 0 saturated carbocycles. The Morgan fingerprint density at radius 2 is 1.72 bits per heavy atom. The van der Waals surface area contributed by atoms with Gasteiger partial charge in [0.25, 0.3) is 5.91 Å². The second kappa shape index (κ2) is 9.27. The minimum atomic E-state index is -0.904. The summed E-state index contributed by atoms with van der Waals surface area (Å²) in [5, 5.41) is 9.84. The van der Waals surface area contributed by atoms with Gasteiger partial charge < -0.3 is 24.5 Å². The van der Waals surface area contributed by atoms with E-state index in [0.717, 1.165) is 6.42 Å². The molecule has 1 N–H and O–H groups in total. The third-order valence-corrected chi connectivity index (χ3v) is 9.66. The van der Waals surface area contributed by atoms with Crippen LogP contribution >= 0.6 is 11.8 Å². The maximum Gasteiger partial charge on any atom is 0.251 e. The van der Waals surface area contributed by atoms with E-state index in [1.165, 1.54) is 4.90 Å². The molecule has 2 fully saturated rings. The van der Waals surface area contributed by atoms with Crippen LogP contribution in [-0.2, 0) is 14.4 Å². The number of hydrogen-bond donors (Lipinski definition) is 1. The van der Waals surface area contributed by atoms with E-state index in [4.69, 9.17) is 4.74 Å². The lowest BCUT2D eigenvalue weighted by molar-refractivity contribution is -0.143. The van der Waals surface area contributed by atoms with Crippen LogP contribution in [0, 0.1) is 11.8 Å². The van der Waals surface area contributed by atoms with Crippen molar-refractivity contribution in [3.05, 3.63) is 48.6 Å². The van der Waals surface area contributed by atoms with Crippen LogP contribution in [0.25, 0.3) is 0 Å². The van der Waals surface area contributed by atoms with Crippen LogP contribution < -0.4 is 9.64 Å². The van der Waals surface area contributed by atoms with Crippen molar-refractivity contribution in [2.75, 3.05) is 44.8 Å². The molecule has 192 valence electrons. The van der Waals surface area contributed by atoms with E-state index in [9.17, 15) is 19.5 Å². The predicted molar refractivity (Wildman–Crippen MR) is 139 cm³/mol. The maximum absolute atomic E-state index is 14.2. The van der Waals surface area contributed by atoms with E-state index in [1.54, 1.807) is 35.9 Å². The lowest BCUT2D eigenvalue weighted by Crippen LogP contribution is -2.54. The van der Waals surface area contributed by atoms with Crippen LogP contribution in [0.15, 0.2) is 48.6 Å². The Morgan fingerprint density at radius 3 is 2.39 bits per heavy atom. The van der Waals surface area contributed by atoms with Crippen LogP contribution in [0.1, 0.15) is 20.3 Å². The minimum absolute atomic E-state index is 0.0335. The number of anilines is 1. The van der Waals surface area contributed by atoms with Crippen molar-refractivity contribution >= 4 is 35.2 Å². The molecule has 2 saturated heterocycles.